The van der Waals surface area contributed by atoms with Crippen LogP contribution in [-0.2, 0) is 0 Å². The topological polar surface area (TPSA) is 38.0 Å². The molecule has 0 saturated heterocycles. The molecule has 0 bridgehead atoms. The predicted octanol–water partition coefficient (Wildman–Crippen LogP) is 4.27. The van der Waals surface area contributed by atoms with E-state index in [-0.39, 0.29) is 0 Å². The van der Waals surface area contributed by atoms with Crippen molar-refractivity contribution in [3.8, 4) is 0 Å². The van der Waals surface area contributed by atoms with Gasteiger partial charge < -0.3 is 0 Å². The molecule has 0 radical (unpaired) electrons. The number of nitrogens with two attached hydrogens (primary N) is 1. The second kappa shape index (κ2) is 6.73. The molecule has 1 aromatic carbocycles. The van der Waals surface area contributed by atoms with Crippen molar-refractivity contribution in [1.82, 2.24) is 5.43 Å². The second-order valence-corrected chi connectivity index (χ2v) is 6.92. The van der Waals surface area contributed by atoms with Crippen molar-refractivity contribution in [3.05, 3.63) is 34.9 Å². The summed E-state index contributed by atoms with van der Waals surface area (Å²) in [7, 11) is 0. The minimum atomic E-state index is 0.308. The van der Waals surface area contributed by atoms with Gasteiger partial charge >= 0.3 is 0 Å². The van der Waals surface area contributed by atoms with Crippen molar-refractivity contribution in [2.75, 3.05) is 0 Å². The van der Waals surface area contributed by atoms with Crippen LogP contribution in [0, 0.1) is 31.6 Å². The zero-order chi connectivity index (χ0) is 14.7. The number of hydrogen-bond acceptors (Lipinski definition) is 2. The molecule has 0 aliphatic heterocycles. The largest absolute Gasteiger partial charge is 0.271 e. The van der Waals surface area contributed by atoms with Gasteiger partial charge in [-0.2, -0.15) is 0 Å². The normalized spacial score (nSPS) is 24.9. The molecule has 1 saturated carbocycles. The van der Waals surface area contributed by atoms with E-state index in [1.807, 2.05) is 0 Å². The standard InChI is InChI=1S/C18H30N2/c1-12(2)15-7-9-16(10-8-15)18(20-19)17-11-13(3)5-6-14(17)4/h5-6,11-12,15-16,18,20H,7-10,19H2,1-4H3. The summed E-state index contributed by atoms with van der Waals surface area (Å²) in [5.74, 6) is 8.30. The zero-order valence-electron chi connectivity index (χ0n) is 13.4. The molecule has 20 heavy (non-hydrogen) atoms. The van der Waals surface area contributed by atoms with E-state index < -0.39 is 0 Å². The van der Waals surface area contributed by atoms with E-state index in [9.17, 15) is 0 Å². The Morgan fingerprint density at radius 1 is 1.05 bits per heavy atom. The van der Waals surface area contributed by atoms with Gasteiger partial charge in [-0.15, -0.1) is 0 Å². The van der Waals surface area contributed by atoms with Gasteiger partial charge in [0.2, 0.25) is 0 Å². The Bertz CT molecular complexity index is 431. The van der Waals surface area contributed by atoms with E-state index in [4.69, 9.17) is 5.84 Å². The minimum Gasteiger partial charge on any atom is -0.271 e. The smallest absolute Gasteiger partial charge is 0.0490 e. The fourth-order valence-electron chi connectivity index (χ4n) is 3.72. The summed E-state index contributed by atoms with van der Waals surface area (Å²) in [6, 6.07) is 7.01. The lowest BCUT2D eigenvalue weighted by Gasteiger charge is -2.36. The number of hydrogen-bond donors (Lipinski definition) is 2. The molecule has 1 unspecified atom stereocenters. The van der Waals surface area contributed by atoms with Crippen molar-refractivity contribution in [2.24, 2.45) is 23.6 Å². The molecule has 2 heteroatoms. The highest BCUT2D eigenvalue weighted by Gasteiger charge is 2.29. The molecule has 0 spiro atoms. The van der Waals surface area contributed by atoms with E-state index in [0.717, 1.165) is 11.8 Å². The third kappa shape index (κ3) is 3.42. The monoisotopic (exact) mass is 274 g/mol. The first-order valence-corrected chi connectivity index (χ1v) is 8.06. The Morgan fingerprint density at radius 2 is 1.65 bits per heavy atom. The highest BCUT2D eigenvalue weighted by molar-refractivity contribution is 5.33. The lowest BCUT2D eigenvalue weighted by Crippen LogP contribution is -2.36. The lowest BCUT2D eigenvalue weighted by atomic mass is 9.73. The fourth-order valence-corrected chi connectivity index (χ4v) is 3.72. The van der Waals surface area contributed by atoms with Crippen molar-refractivity contribution in [1.29, 1.82) is 0 Å². The number of rotatable bonds is 4. The lowest BCUT2D eigenvalue weighted by molar-refractivity contribution is 0.189. The molecule has 1 aliphatic carbocycles. The maximum Gasteiger partial charge on any atom is 0.0490 e. The second-order valence-electron chi connectivity index (χ2n) is 6.92. The van der Waals surface area contributed by atoms with Gasteiger partial charge in [0.1, 0.15) is 0 Å². The third-order valence-electron chi connectivity index (χ3n) is 5.18. The number of aryl methyl sites for hydroxylation is 2. The summed E-state index contributed by atoms with van der Waals surface area (Å²) in [6.07, 6.45) is 5.30. The molecule has 112 valence electrons. The third-order valence-corrected chi connectivity index (χ3v) is 5.18. The van der Waals surface area contributed by atoms with Gasteiger partial charge in [-0.3, -0.25) is 11.3 Å². The average molecular weight is 274 g/mol. The highest BCUT2D eigenvalue weighted by Crippen LogP contribution is 2.39. The fraction of sp³-hybridized carbons (Fsp3) is 0.667. The van der Waals surface area contributed by atoms with E-state index in [1.54, 1.807) is 0 Å². The predicted molar refractivity (Wildman–Crippen MR) is 86.3 cm³/mol. The summed E-state index contributed by atoms with van der Waals surface area (Å²) in [5.41, 5.74) is 7.16. The van der Waals surface area contributed by atoms with E-state index in [2.05, 4.69) is 51.3 Å². The molecule has 1 aliphatic rings. The molecule has 2 nitrogen and oxygen atoms in total. The number of hydrazine groups is 1. The molecule has 1 fully saturated rings. The van der Waals surface area contributed by atoms with Crippen LogP contribution in [0.25, 0.3) is 0 Å². The SMILES string of the molecule is Cc1ccc(C)c(C(NN)C2CCC(C(C)C)CC2)c1. The van der Waals surface area contributed by atoms with Gasteiger partial charge in [0, 0.05) is 6.04 Å². The molecule has 0 aromatic heterocycles. The van der Waals surface area contributed by atoms with Crippen LogP contribution in [0.1, 0.15) is 62.3 Å². The van der Waals surface area contributed by atoms with Crippen LogP contribution in [0.3, 0.4) is 0 Å². The maximum absolute atomic E-state index is 5.90. The Hall–Kier alpha value is -0.860. The highest BCUT2D eigenvalue weighted by atomic mass is 15.2. The molecule has 1 atom stereocenters. The summed E-state index contributed by atoms with van der Waals surface area (Å²) in [5, 5.41) is 0. The zero-order valence-corrected chi connectivity index (χ0v) is 13.4. The molecule has 2 rings (SSSR count). The summed E-state index contributed by atoms with van der Waals surface area (Å²) in [6.45, 7) is 9.06. The molecule has 0 heterocycles. The van der Waals surface area contributed by atoms with Crippen LogP contribution < -0.4 is 11.3 Å². The van der Waals surface area contributed by atoms with E-state index in [1.165, 1.54) is 42.4 Å². The van der Waals surface area contributed by atoms with Crippen LogP contribution in [-0.4, -0.2) is 0 Å². The van der Waals surface area contributed by atoms with E-state index in [0.29, 0.717) is 12.0 Å². The van der Waals surface area contributed by atoms with Crippen molar-refractivity contribution in [2.45, 2.75) is 59.4 Å². The first-order chi connectivity index (χ1) is 9.52. The van der Waals surface area contributed by atoms with Crippen LogP contribution in [0.2, 0.25) is 0 Å². The number of benzene rings is 1. The average Bonchev–Trinajstić information content (AvgIpc) is 2.44. The van der Waals surface area contributed by atoms with E-state index >= 15 is 0 Å². The van der Waals surface area contributed by atoms with Crippen LogP contribution >= 0.6 is 0 Å². The number of nitrogens with one attached hydrogen (secondary N) is 1. The first-order valence-electron chi connectivity index (χ1n) is 8.06. The molecule has 1 aromatic rings. The van der Waals surface area contributed by atoms with Gasteiger partial charge in [-0.25, -0.2) is 0 Å². The maximum atomic E-state index is 5.90. The van der Waals surface area contributed by atoms with Gasteiger partial charge in [0.25, 0.3) is 0 Å². The van der Waals surface area contributed by atoms with Crippen LogP contribution in [0.5, 0.6) is 0 Å². The van der Waals surface area contributed by atoms with Gasteiger partial charge in [-0.1, -0.05) is 37.6 Å². The summed E-state index contributed by atoms with van der Waals surface area (Å²) in [4.78, 5) is 0. The van der Waals surface area contributed by atoms with Gasteiger partial charge in [-0.05, 0) is 68.4 Å². The molecule has 3 N–H and O–H groups in total. The molecule has 0 amide bonds. The summed E-state index contributed by atoms with van der Waals surface area (Å²) >= 11 is 0. The van der Waals surface area contributed by atoms with Gasteiger partial charge in [0.05, 0.1) is 0 Å². The summed E-state index contributed by atoms with van der Waals surface area (Å²) < 4.78 is 0. The molecular weight excluding hydrogens is 244 g/mol. The van der Waals surface area contributed by atoms with Gasteiger partial charge in [0.15, 0.2) is 0 Å². The van der Waals surface area contributed by atoms with Crippen molar-refractivity contribution < 1.29 is 0 Å². The Balaban J connectivity index is 2.11. The minimum absolute atomic E-state index is 0.308. The van der Waals surface area contributed by atoms with Crippen molar-refractivity contribution in [3.63, 3.8) is 0 Å². The van der Waals surface area contributed by atoms with Crippen LogP contribution in [0.15, 0.2) is 18.2 Å². The Kier molecular flexibility index (Phi) is 5.22. The van der Waals surface area contributed by atoms with Crippen molar-refractivity contribution >= 4 is 0 Å². The Labute approximate surface area is 124 Å². The first kappa shape index (κ1) is 15.5. The Morgan fingerprint density at radius 3 is 2.20 bits per heavy atom. The quantitative estimate of drug-likeness (QED) is 0.635. The molecular formula is C18H30N2. The van der Waals surface area contributed by atoms with Crippen LogP contribution in [0.4, 0.5) is 0 Å².